The van der Waals surface area contributed by atoms with Gasteiger partial charge in [-0.1, -0.05) is 31.2 Å². The molecule has 0 radical (unpaired) electrons. The maximum absolute atomic E-state index is 12.1. The van der Waals surface area contributed by atoms with Crippen molar-refractivity contribution in [2.45, 2.75) is 53.1 Å². The molecule has 0 amide bonds. The predicted octanol–water partition coefficient (Wildman–Crippen LogP) is 7.17. The van der Waals surface area contributed by atoms with Gasteiger partial charge in [0.25, 0.3) is 0 Å². The zero-order valence-corrected chi connectivity index (χ0v) is 22.7. The molecule has 0 bridgehead atoms. The molecule has 2 aromatic carbocycles. The first-order valence-corrected chi connectivity index (χ1v) is 12.9. The Hall–Kier alpha value is -4.00. The highest BCUT2D eigenvalue weighted by Gasteiger charge is 2.33. The van der Waals surface area contributed by atoms with Gasteiger partial charge in [-0.3, -0.25) is 0 Å². The molecule has 4 rings (SSSR count). The van der Waals surface area contributed by atoms with Crippen molar-refractivity contribution in [3.63, 3.8) is 0 Å². The number of aryl methyl sites for hydroxylation is 1. The highest BCUT2D eigenvalue weighted by Crippen LogP contribution is 2.31. The van der Waals surface area contributed by atoms with Crippen LogP contribution in [0.4, 0.5) is 0 Å². The van der Waals surface area contributed by atoms with Gasteiger partial charge >= 0.3 is 5.97 Å². The van der Waals surface area contributed by atoms with Gasteiger partial charge in [0.1, 0.15) is 17.3 Å². The van der Waals surface area contributed by atoms with E-state index in [1.54, 1.807) is 20.8 Å². The molecule has 0 aliphatic heterocycles. The van der Waals surface area contributed by atoms with E-state index in [-0.39, 0.29) is 11.9 Å². The average Bonchev–Trinajstić information content (AvgIpc) is 3.26. The maximum atomic E-state index is 12.1. The first kappa shape index (κ1) is 27.0. The number of rotatable bonds is 11. The lowest BCUT2D eigenvalue weighted by atomic mass is 9.98. The van der Waals surface area contributed by atoms with Crippen molar-refractivity contribution in [2.75, 3.05) is 13.2 Å². The lowest BCUT2D eigenvalue weighted by Gasteiger charge is -2.29. The van der Waals surface area contributed by atoms with Crippen molar-refractivity contribution < 1.29 is 28.2 Å². The number of benzene rings is 2. The molecular weight excluding hydrogens is 482 g/mol. The average molecular weight is 518 g/mol. The van der Waals surface area contributed by atoms with Crippen LogP contribution in [0, 0.1) is 12.8 Å². The fourth-order valence-electron chi connectivity index (χ4n) is 4.12. The quantitative estimate of drug-likeness (QED) is 0.250. The van der Waals surface area contributed by atoms with E-state index in [2.05, 4.69) is 6.92 Å². The summed E-state index contributed by atoms with van der Waals surface area (Å²) in [6, 6.07) is 17.3. The maximum Gasteiger partial charge on any atom is 0.349 e. The summed E-state index contributed by atoms with van der Waals surface area (Å²) in [5.74, 6) is 4.15. The summed E-state index contributed by atoms with van der Waals surface area (Å²) in [5.41, 5.74) is 0.665. The van der Waals surface area contributed by atoms with Crippen molar-refractivity contribution in [1.29, 1.82) is 0 Å². The lowest BCUT2D eigenvalue weighted by molar-refractivity contribution is -0.163. The Balaban J connectivity index is 1.35. The standard InChI is InChI=1S/C31H35NO6/c1-6-34-30(33)31(4,5)38-26-15-16-28(21(2)19-26)35-18-17-27-22(3)36-29(32-27)23-11-10-14-25(20-23)37-24-12-8-7-9-13-24/h7-16,20-21H,6,17-19H2,1-5H3. The second-order valence-corrected chi connectivity index (χ2v) is 9.70. The van der Waals surface area contributed by atoms with Gasteiger partial charge in [0.05, 0.1) is 30.4 Å². The Bertz CT molecular complexity index is 1300. The van der Waals surface area contributed by atoms with Crippen LogP contribution < -0.4 is 4.74 Å². The fraction of sp³-hybridized carbons (Fsp3) is 0.355. The first-order chi connectivity index (χ1) is 18.2. The van der Waals surface area contributed by atoms with Crippen LogP contribution in [0.15, 0.2) is 82.7 Å². The third kappa shape index (κ3) is 6.85. The lowest BCUT2D eigenvalue weighted by Crippen LogP contribution is -2.37. The normalized spacial score (nSPS) is 15.3. The van der Waals surface area contributed by atoms with Gasteiger partial charge in [0.15, 0.2) is 5.60 Å². The minimum Gasteiger partial charge on any atom is -0.497 e. The number of hydrogen-bond donors (Lipinski definition) is 0. The molecular formula is C31H35NO6. The number of allylic oxidation sites excluding steroid dienone is 4. The molecule has 1 heterocycles. The van der Waals surface area contributed by atoms with Gasteiger partial charge in [-0.2, -0.15) is 0 Å². The number of para-hydroxylation sites is 1. The van der Waals surface area contributed by atoms with E-state index in [9.17, 15) is 4.79 Å². The predicted molar refractivity (Wildman–Crippen MR) is 145 cm³/mol. The number of carbonyl (C=O) groups excluding carboxylic acids is 1. The van der Waals surface area contributed by atoms with E-state index in [4.69, 9.17) is 28.3 Å². The smallest absolute Gasteiger partial charge is 0.349 e. The SMILES string of the molecule is CCOC(=O)C(C)(C)OC1=CC=C(OCCc2nc(-c3cccc(Oc4ccccc4)c3)oc2C)C(C)C1. The van der Waals surface area contributed by atoms with Crippen LogP contribution in [0.25, 0.3) is 11.5 Å². The minimum absolute atomic E-state index is 0.120. The summed E-state index contributed by atoms with van der Waals surface area (Å²) in [7, 11) is 0. The summed E-state index contributed by atoms with van der Waals surface area (Å²) < 4.78 is 29.0. The third-order valence-electron chi connectivity index (χ3n) is 6.14. The zero-order valence-electron chi connectivity index (χ0n) is 22.7. The zero-order chi connectivity index (χ0) is 27.1. The minimum atomic E-state index is -1.04. The van der Waals surface area contributed by atoms with Crippen LogP contribution in [0.3, 0.4) is 0 Å². The molecule has 1 aliphatic rings. The molecule has 0 saturated heterocycles. The van der Waals surface area contributed by atoms with E-state index < -0.39 is 5.60 Å². The van der Waals surface area contributed by atoms with Gasteiger partial charge in [0.2, 0.25) is 5.89 Å². The van der Waals surface area contributed by atoms with Gasteiger partial charge in [-0.15, -0.1) is 0 Å². The molecule has 200 valence electrons. The molecule has 7 heteroatoms. The molecule has 0 spiro atoms. The number of aromatic nitrogens is 1. The summed E-state index contributed by atoms with van der Waals surface area (Å²) in [4.78, 5) is 16.9. The second kappa shape index (κ2) is 12.0. The molecule has 1 aliphatic carbocycles. The van der Waals surface area contributed by atoms with Crippen LogP contribution in [0.2, 0.25) is 0 Å². The van der Waals surface area contributed by atoms with Crippen LogP contribution in [-0.4, -0.2) is 29.8 Å². The van der Waals surface area contributed by atoms with Crippen molar-refractivity contribution in [3.05, 3.63) is 89.7 Å². The van der Waals surface area contributed by atoms with Gasteiger partial charge in [-0.25, -0.2) is 9.78 Å². The van der Waals surface area contributed by atoms with Gasteiger partial charge < -0.3 is 23.4 Å². The molecule has 1 atom stereocenters. The second-order valence-electron chi connectivity index (χ2n) is 9.70. The number of esters is 1. The largest absolute Gasteiger partial charge is 0.497 e. The van der Waals surface area contributed by atoms with Crippen LogP contribution in [0.1, 0.15) is 45.6 Å². The summed E-state index contributed by atoms with van der Waals surface area (Å²) in [6.07, 6.45) is 5.02. The first-order valence-electron chi connectivity index (χ1n) is 12.9. The molecule has 38 heavy (non-hydrogen) atoms. The third-order valence-corrected chi connectivity index (χ3v) is 6.14. The van der Waals surface area contributed by atoms with Crippen LogP contribution in [-0.2, 0) is 25.4 Å². The summed E-state index contributed by atoms with van der Waals surface area (Å²) in [5, 5.41) is 0. The van der Waals surface area contributed by atoms with E-state index in [0.29, 0.717) is 31.9 Å². The number of carbonyl (C=O) groups is 1. The fourth-order valence-corrected chi connectivity index (χ4v) is 4.12. The Morgan fingerprint density at radius 2 is 1.84 bits per heavy atom. The van der Waals surface area contributed by atoms with Gasteiger partial charge in [-0.05, 0) is 70.2 Å². The van der Waals surface area contributed by atoms with Crippen molar-refractivity contribution in [3.8, 4) is 23.0 Å². The Morgan fingerprint density at radius 1 is 1.08 bits per heavy atom. The summed E-state index contributed by atoms with van der Waals surface area (Å²) in [6.45, 7) is 9.99. The van der Waals surface area contributed by atoms with Crippen LogP contribution >= 0.6 is 0 Å². The Labute approximate surface area is 224 Å². The summed E-state index contributed by atoms with van der Waals surface area (Å²) >= 11 is 0. The number of oxazole rings is 1. The topological polar surface area (TPSA) is 80.0 Å². The molecule has 0 N–H and O–H groups in total. The van der Waals surface area contributed by atoms with E-state index in [1.807, 2.05) is 73.7 Å². The monoisotopic (exact) mass is 517 g/mol. The highest BCUT2D eigenvalue weighted by atomic mass is 16.6. The van der Waals surface area contributed by atoms with Crippen molar-refractivity contribution in [2.24, 2.45) is 5.92 Å². The number of hydrogen-bond acceptors (Lipinski definition) is 7. The van der Waals surface area contributed by atoms with E-state index in [0.717, 1.165) is 40.0 Å². The molecule has 1 aromatic heterocycles. The molecule has 3 aromatic rings. The highest BCUT2D eigenvalue weighted by molar-refractivity contribution is 5.78. The van der Waals surface area contributed by atoms with E-state index >= 15 is 0 Å². The molecule has 7 nitrogen and oxygen atoms in total. The number of ether oxygens (including phenoxy) is 4. The van der Waals surface area contributed by atoms with Crippen LogP contribution in [0.5, 0.6) is 11.5 Å². The number of nitrogens with zero attached hydrogens (tertiary/aromatic N) is 1. The van der Waals surface area contributed by atoms with Crippen molar-refractivity contribution >= 4 is 5.97 Å². The molecule has 0 saturated carbocycles. The molecule has 1 unspecified atom stereocenters. The Morgan fingerprint density at radius 3 is 2.58 bits per heavy atom. The Kier molecular flexibility index (Phi) is 8.56. The van der Waals surface area contributed by atoms with Crippen molar-refractivity contribution in [1.82, 2.24) is 4.98 Å². The van der Waals surface area contributed by atoms with E-state index in [1.165, 1.54) is 0 Å². The van der Waals surface area contributed by atoms with Gasteiger partial charge in [0, 0.05) is 24.3 Å². The molecule has 0 fully saturated rings.